The predicted octanol–water partition coefficient (Wildman–Crippen LogP) is 6.43. The summed E-state index contributed by atoms with van der Waals surface area (Å²) in [7, 11) is 3.52. The van der Waals surface area contributed by atoms with E-state index in [0.29, 0.717) is 0 Å². The van der Waals surface area contributed by atoms with Crippen molar-refractivity contribution in [1.29, 1.82) is 0 Å². The number of methoxy groups -OCH3 is 2. The first-order valence-electron chi connectivity index (χ1n) is 12.8. The van der Waals surface area contributed by atoms with E-state index in [4.69, 9.17) is 9.47 Å². The zero-order chi connectivity index (χ0) is 25.2. The second-order valence-corrected chi connectivity index (χ2v) is 9.07. The van der Waals surface area contributed by atoms with Crippen molar-refractivity contribution >= 4 is 11.4 Å². The van der Waals surface area contributed by atoms with Gasteiger partial charge in [-0.2, -0.15) is 0 Å². The van der Waals surface area contributed by atoms with Crippen LogP contribution >= 0.6 is 0 Å². The van der Waals surface area contributed by atoms with Crippen molar-refractivity contribution in [3.05, 3.63) is 94.5 Å². The number of anilines is 2. The van der Waals surface area contributed by atoms with E-state index in [9.17, 15) is 0 Å². The first-order valence-corrected chi connectivity index (χ1v) is 12.8. The first-order chi connectivity index (χ1) is 17.0. The second-order valence-electron chi connectivity index (χ2n) is 9.07. The van der Waals surface area contributed by atoms with Gasteiger partial charge in [0.05, 0.1) is 13.2 Å². The minimum atomic E-state index is 0.183. The lowest BCUT2D eigenvalue weighted by Crippen LogP contribution is -2.27. The minimum absolute atomic E-state index is 0.183. The number of likely N-dealkylation sites (N-methyl/N-ethyl adjacent to an activating group) is 2. The summed E-state index contributed by atoms with van der Waals surface area (Å²) in [5.41, 5.74) is 9.15. The number of benzene rings is 3. The lowest BCUT2D eigenvalue weighted by molar-refractivity contribution is 0.205. The predicted molar refractivity (Wildman–Crippen MR) is 149 cm³/mol. The van der Waals surface area contributed by atoms with E-state index in [2.05, 4.69) is 104 Å². The van der Waals surface area contributed by atoms with Gasteiger partial charge >= 0.3 is 0 Å². The molecule has 4 heteroatoms. The van der Waals surface area contributed by atoms with Crippen LogP contribution in [0.4, 0.5) is 11.4 Å². The van der Waals surface area contributed by atoms with E-state index in [0.717, 1.165) is 39.4 Å². The Kier molecular flexibility index (Phi) is 10.2. The van der Waals surface area contributed by atoms with Gasteiger partial charge in [0.2, 0.25) is 0 Å². The van der Waals surface area contributed by atoms with Gasteiger partial charge in [0.15, 0.2) is 0 Å². The van der Waals surface area contributed by atoms with Gasteiger partial charge in [-0.25, -0.2) is 0 Å². The molecule has 0 bridgehead atoms. The van der Waals surface area contributed by atoms with Gasteiger partial charge in [0.25, 0.3) is 0 Å². The molecule has 3 rings (SSSR count). The van der Waals surface area contributed by atoms with Crippen LogP contribution in [0.15, 0.2) is 66.7 Å². The molecule has 0 amide bonds. The fourth-order valence-electron chi connectivity index (χ4n) is 4.88. The highest BCUT2D eigenvalue weighted by Gasteiger charge is 2.22. The van der Waals surface area contributed by atoms with Crippen LogP contribution in [0.2, 0.25) is 0 Å². The summed E-state index contributed by atoms with van der Waals surface area (Å²) in [5.74, 6) is 0.183. The van der Waals surface area contributed by atoms with Crippen LogP contribution in [0.5, 0.6) is 0 Å². The van der Waals surface area contributed by atoms with Crippen LogP contribution in [-0.4, -0.2) is 53.6 Å². The molecule has 0 aliphatic heterocycles. The smallest absolute Gasteiger partial charge is 0.0637 e. The maximum absolute atomic E-state index is 5.32. The van der Waals surface area contributed by atoms with Crippen molar-refractivity contribution in [2.45, 2.75) is 33.6 Å². The molecule has 0 aliphatic rings. The summed E-state index contributed by atoms with van der Waals surface area (Å²) in [5, 5.41) is 0. The Bertz CT molecular complexity index is 986. The summed E-state index contributed by atoms with van der Waals surface area (Å²) >= 11 is 0. The van der Waals surface area contributed by atoms with E-state index in [1.165, 1.54) is 39.2 Å². The third-order valence-corrected chi connectivity index (χ3v) is 6.89. The van der Waals surface area contributed by atoms with Crippen molar-refractivity contribution in [3.8, 4) is 0 Å². The van der Waals surface area contributed by atoms with Crippen LogP contribution in [0.25, 0.3) is 0 Å². The number of hydrogen-bond donors (Lipinski definition) is 0. The molecule has 0 heterocycles. The molecule has 0 atom stereocenters. The van der Waals surface area contributed by atoms with E-state index >= 15 is 0 Å². The molecule has 0 saturated carbocycles. The fourth-order valence-corrected chi connectivity index (χ4v) is 4.88. The van der Waals surface area contributed by atoms with E-state index in [-0.39, 0.29) is 5.92 Å². The average Bonchev–Trinajstić information content (AvgIpc) is 2.88. The Labute approximate surface area is 212 Å². The molecule has 0 radical (unpaired) electrons. The molecule has 35 heavy (non-hydrogen) atoms. The molecule has 3 aromatic carbocycles. The molecule has 3 aromatic rings. The number of ether oxygens (including phenoxy) is 2. The number of hydrogen-bond acceptors (Lipinski definition) is 4. The molecule has 0 aliphatic carbocycles. The molecular weight excluding hydrogens is 432 g/mol. The normalized spacial score (nSPS) is 11.2. The Morgan fingerprint density at radius 1 is 0.657 bits per heavy atom. The highest BCUT2D eigenvalue weighted by Crippen LogP contribution is 2.37. The highest BCUT2D eigenvalue weighted by molar-refractivity contribution is 5.58. The van der Waals surface area contributed by atoms with E-state index in [1.807, 2.05) is 0 Å². The fraction of sp³-hybridized carbons (Fsp3) is 0.419. The van der Waals surface area contributed by atoms with E-state index < -0.39 is 0 Å². The van der Waals surface area contributed by atoms with Crippen LogP contribution in [0.3, 0.4) is 0 Å². The zero-order valence-corrected chi connectivity index (χ0v) is 22.4. The van der Waals surface area contributed by atoms with Crippen molar-refractivity contribution < 1.29 is 9.47 Å². The maximum atomic E-state index is 5.32. The van der Waals surface area contributed by atoms with Gasteiger partial charge in [-0.05, 0) is 79.8 Å². The minimum Gasteiger partial charge on any atom is -0.383 e. The molecule has 188 valence electrons. The Balaban J connectivity index is 2.03. The van der Waals surface area contributed by atoms with Crippen LogP contribution in [-0.2, 0) is 9.47 Å². The van der Waals surface area contributed by atoms with Crippen LogP contribution in [0.1, 0.15) is 47.6 Å². The summed E-state index contributed by atoms with van der Waals surface area (Å²) in [6.45, 7) is 14.0. The van der Waals surface area contributed by atoms with Gasteiger partial charge in [-0.15, -0.1) is 0 Å². The molecule has 0 unspecified atom stereocenters. The average molecular weight is 475 g/mol. The maximum Gasteiger partial charge on any atom is 0.0637 e. The Morgan fingerprint density at radius 2 is 1.11 bits per heavy atom. The lowest BCUT2D eigenvalue weighted by Gasteiger charge is -2.28. The van der Waals surface area contributed by atoms with Crippen molar-refractivity contribution in [3.63, 3.8) is 0 Å². The van der Waals surface area contributed by atoms with Crippen molar-refractivity contribution in [1.82, 2.24) is 0 Å². The molecule has 4 nitrogen and oxygen atoms in total. The number of aryl methyl sites for hydroxylation is 2. The summed E-state index contributed by atoms with van der Waals surface area (Å²) in [6.07, 6.45) is 0. The highest BCUT2D eigenvalue weighted by atomic mass is 16.5. The molecule has 0 spiro atoms. The summed E-state index contributed by atoms with van der Waals surface area (Å²) < 4.78 is 10.6. The molecule has 0 fully saturated rings. The molecule has 0 N–H and O–H groups in total. The lowest BCUT2D eigenvalue weighted by atomic mass is 9.81. The number of nitrogens with zero attached hydrogens (tertiary/aromatic N) is 2. The number of rotatable bonds is 13. The molecule has 0 saturated heterocycles. The SMILES string of the molecule is CCN(CCOC)c1ccc(C(c2ccccc2)c2ccc(N(CC)CCOC)cc2C)c(C)c1. The van der Waals surface area contributed by atoms with E-state index in [1.54, 1.807) is 14.2 Å². The van der Waals surface area contributed by atoms with Crippen molar-refractivity contribution in [2.75, 3.05) is 63.4 Å². The third-order valence-electron chi connectivity index (χ3n) is 6.89. The van der Waals surface area contributed by atoms with Gasteiger partial charge < -0.3 is 19.3 Å². The topological polar surface area (TPSA) is 24.9 Å². The monoisotopic (exact) mass is 474 g/mol. The summed E-state index contributed by atoms with van der Waals surface area (Å²) in [6, 6.07) is 24.7. The standard InChI is InChI=1S/C31H42N2O2/c1-7-32(18-20-34-5)27-14-16-29(24(3)22-27)31(26-12-10-9-11-13-26)30-17-15-28(23-25(30)4)33(8-2)19-21-35-6/h9-17,22-23,31H,7-8,18-21H2,1-6H3. The molecular formula is C31H42N2O2. The van der Waals surface area contributed by atoms with Crippen LogP contribution in [0, 0.1) is 13.8 Å². The van der Waals surface area contributed by atoms with Gasteiger partial charge in [0, 0.05) is 57.7 Å². The third kappa shape index (κ3) is 6.65. The Morgan fingerprint density at radius 3 is 1.49 bits per heavy atom. The van der Waals surface area contributed by atoms with Gasteiger partial charge in [0.1, 0.15) is 0 Å². The van der Waals surface area contributed by atoms with Crippen molar-refractivity contribution in [2.24, 2.45) is 0 Å². The summed E-state index contributed by atoms with van der Waals surface area (Å²) in [4.78, 5) is 4.74. The quantitative estimate of drug-likeness (QED) is 0.267. The Hall–Kier alpha value is -2.82. The first kappa shape index (κ1) is 26.8. The van der Waals surface area contributed by atoms with Gasteiger partial charge in [-0.1, -0.05) is 42.5 Å². The van der Waals surface area contributed by atoms with Gasteiger partial charge in [-0.3, -0.25) is 0 Å². The zero-order valence-electron chi connectivity index (χ0n) is 22.4. The largest absolute Gasteiger partial charge is 0.383 e. The van der Waals surface area contributed by atoms with Crippen LogP contribution < -0.4 is 9.80 Å². The molecule has 0 aromatic heterocycles. The second kappa shape index (κ2) is 13.3.